The first kappa shape index (κ1) is 17.2. The van der Waals surface area contributed by atoms with Crippen molar-refractivity contribution in [2.75, 3.05) is 0 Å². The maximum Gasteiger partial charge on any atom is 0.0536 e. The first-order chi connectivity index (χ1) is 11.6. The second-order valence-corrected chi connectivity index (χ2v) is 6.83. The molecule has 3 aromatic carbocycles. The van der Waals surface area contributed by atoms with E-state index in [4.69, 9.17) is 47.6 Å². The highest BCUT2D eigenvalue weighted by atomic mass is 35.5. The molecule has 0 amide bonds. The highest BCUT2D eigenvalue weighted by Gasteiger charge is 2.11. The summed E-state index contributed by atoms with van der Waals surface area (Å²) >= 11 is 23.6. The first-order valence-electron chi connectivity index (χ1n) is 7.26. The molecule has 0 unspecified atom stereocenters. The van der Waals surface area contributed by atoms with Gasteiger partial charge >= 0.3 is 0 Å². The molecule has 4 heteroatoms. The molecule has 0 fully saturated rings. The van der Waals surface area contributed by atoms with Crippen LogP contribution in [0.25, 0.3) is 0 Å². The van der Waals surface area contributed by atoms with Crippen LogP contribution in [0, 0.1) is 0 Å². The van der Waals surface area contributed by atoms with Gasteiger partial charge in [0.05, 0.1) is 9.73 Å². The van der Waals surface area contributed by atoms with E-state index in [1.807, 2.05) is 72.8 Å². The third kappa shape index (κ3) is 3.57. The molecular formula is C20H12Cl2S2. The number of rotatable bonds is 4. The number of halogens is 2. The summed E-state index contributed by atoms with van der Waals surface area (Å²) in [4.78, 5) is 1.44. The minimum absolute atomic E-state index is 0.651. The van der Waals surface area contributed by atoms with Crippen molar-refractivity contribution in [2.45, 2.75) is 0 Å². The van der Waals surface area contributed by atoms with E-state index >= 15 is 0 Å². The van der Waals surface area contributed by atoms with E-state index < -0.39 is 0 Å². The van der Waals surface area contributed by atoms with Crippen LogP contribution in [-0.4, -0.2) is 9.73 Å². The maximum absolute atomic E-state index is 6.23. The van der Waals surface area contributed by atoms with Crippen molar-refractivity contribution in [1.82, 2.24) is 0 Å². The van der Waals surface area contributed by atoms with E-state index in [0.717, 1.165) is 32.0 Å². The molecule has 0 aliphatic rings. The predicted octanol–water partition coefficient (Wildman–Crippen LogP) is 6.53. The van der Waals surface area contributed by atoms with Gasteiger partial charge in [0.2, 0.25) is 0 Å². The first-order valence-corrected chi connectivity index (χ1v) is 8.83. The molecule has 24 heavy (non-hydrogen) atoms. The molecule has 0 saturated heterocycles. The number of hydrogen-bond acceptors (Lipinski definition) is 2. The van der Waals surface area contributed by atoms with Crippen LogP contribution in [0.5, 0.6) is 0 Å². The van der Waals surface area contributed by atoms with Crippen LogP contribution in [0.2, 0.25) is 10.0 Å². The Kier molecular flexibility index (Phi) is 5.42. The van der Waals surface area contributed by atoms with E-state index in [1.165, 1.54) is 0 Å². The van der Waals surface area contributed by atoms with Crippen molar-refractivity contribution < 1.29 is 0 Å². The van der Waals surface area contributed by atoms with Gasteiger partial charge in [0.1, 0.15) is 0 Å². The van der Waals surface area contributed by atoms with Crippen molar-refractivity contribution in [3.05, 3.63) is 105 Å². The van der Waals surface area contributed by atoms with Crippen molar-refractivity contribution in [3.63, 3.8) is 0 Å². The molecule has 0 spiro atoms. The Balaban J connectivity index is 1.89. The molecule has 0 nitrogen and oxygen atoms in total. The fourth-order valence-corrected chi connectivity index (χ4v) is 3.58. The van der Waals surface area contributed by atoms with Gasteiger partial charge in [-0.3, -0.25) is 0 Å². The van der Waals surface area contributed by atoms with Crippen LogP contribution in [0.15, 0.2) is 72.8 Å². The van der Waals surface area contributed by atoms with Crippen molar-refractivity contribution in [1.29, 1.82) is 0 Å². The van der Waals surface area contributed by atoms with Gasteiger partial charge in [-0.15, -0.1) is 0 Å². The minimum Gasteiger partial charge on any atom is -0.0836 e. The number of hydrogen-bond donors (Lipinski definition) is 0. The third-order valence-corrected chi connectivity index (χ3v) is 5.22. The Morgan fingerprint density at radius 3 is 1.21 bits per heavy atom. The van der Waals surface area contributed by atoms with Gasteiger partial charge < -0.3 is 0 Å². The van der Waals surface area contributed by atoms with Crippen molar-refractivity contribution in [3.8, 4) is 0 Å². The van der Waals surface area contributed by atoms with Crippen LogP contribution in [0.1, 0.15) is 22.3 Å². The molecule has 0 N–H and O–H groups in total. The lowest BCUT2D eigenvalue weighted by Crippen LogP contribution is -2.03. The SMILES string of the molecule is S=C(c1ccc(C(=S)c2ccccc2Cl)cc1)c1ccccc1Cl. The van der Waals surface area contributed by atoms with Crippen LogP contribution in [-0.2, 0) is 0 Å². The zero-order valence-electron chi connectivity index (χ0n) is 12.5. The molecule has 3 rings (SSSR count). The summed E-state index contributed by atoms with van der Waals surface area (Å²) in [5, 5.41) is 1.30. The molecule has 118 valence electrons. The van der Waals surface area contributed by atoms with Crippen LogP contribution < -0.4 is 0 Å². The molecular weight excluding hydrogens is 375 g/mol. The summed E-state index contributed by atoms with van der Waals surface area (Å²) in [5.41, 5.74) is 3.58. The zero-order chi connectivity index (χ0) is 17.1. The smallest absolute Gasteiger partial charge is 0.0536 e. The number of thiocarbonyl (C=S) groups is 2. The van der Waals surface area contributed by atoms with Crippen LogP contribution >= 0.6 is 47.6 Å². The van der Waals surface area contributed by atoms with Gasteiger partial charge in [-0.1, -0.05) is 108 Å². The lowest BCUT2D eigenvalue weighted by Gasteiger charge is -2.09. The summed E-state index contributed by atoms with van der Waals surface area (Å²) in [7, 11) is 0. The standard InChI is InChI=1S/C20H12Cl2S2/c21-17-7-3-1-5-15(17)19(23)13-9-11-14(12-10-13)20(24)16-6-2-4-8-18(16)22/h1-12H. The molecule has 0 aliphatic heterocycles. The minimum atomic E-state index is 0.651. The van der Waals surface area contributed by atoms with Gasteiger partial charge in [0.25, 0.3) is 0 Å². The Labute approximate surface area is 162 Å². The summed E-state index contributed by atoms with van der Waals surface area (Å²) in [6.07, 6.45) is 0. The summed E-state index contributed by atoms with van der Waals surface area (Å²) in [5.74, 6) is 0. The van der Waals surface area contributed by atoms with Gasteiger partial charge in [-0.25, -0.2) is 0 Å². The highest BCUT2D eigenvalue weighted by molar-refractivity contribution is 7.81. The van der Waals surface area contributed by atoms with E-state index in [1.54, 1.807) is 0 Å². The second-order valence-electron chi connectivity index (χ2n) is 5.20. The molecule has 0 aliphatic carbocycles. The monoisotopic (exact) mass is 386 g/mol. The summed E-state index contributed by atoms with van der Waals surface area (Å²) in [6.45, 7) is 0. The molecule has 0 bridgehead atoms. The van der Waals surface area contributed by atoms with Crippen molar-refractivity contribution in [2.24, 2.45) is 0 Å². The third-order valence-electron chi connectivity index (χ3n) is 3.65. The lowest BCUT2D eigenvalue weighted by atomic mass is 10.00. The van der Waals surface area contributed by atoms with Gasteiger partial charge in [-0.05, 0) is 23.3 Å². The Hall–Kier alpha value is -1.58. The molecule has 3 aromatic rings. The summed E-state index contributed by atoms with van der Waals surface area (Å²) < 4.78 is 0. The van der Waals surface area contributed by atoms with Crippen LogP contribution in [0.4, 0.5) is 0 Å². The van der Waals surface area contributed by atoms with E-state index in [9.17, 15) is 0 Å². The average molecular weight is 387 g/mol. The van der Waals surface area contributed by atoms with E-state index in [2.05, 4.69) is 0 Å². The molecule has 0 saturated carbocycles. The lowest BCUT2D eigenvalue weighted by molar-refractivity contribution is 1.59. The normalized spacial score (nSPS) is 10.4. The van der Waals surface area contributed by atoms with E-state index in [0.29, 0.717) is 10.0 Å². The highest BCUT2D eigenvalue weighted by Crippen LogP contribution is 2.23. The molecule has 0 aromatic heterocycles. The molecule has 0 atom stereocenters. The van der Waals surface area contributed by atoms with Gasteiger partial charge in [-0.2, -0.15) is 0 Å². The second kappa shape index (κ2) is 7.54. The van der Waals surface area contributed by atoms with Crippen LogP contribution in [0.3, 0.4) is 0 Å². The largest absolute Gasteiger partial charge is 0.0836 e. The molecule has 0 radical (unpaired) electrons. The van der Waals surface area contributed by atoms with Gasteiger partial charge in [0, 0.05) is 21.2 Å². The average Bonchev–Trinajstić information content (AvgIpc) is 2.61. The Morgan fingerprint density at radius 2 is 0.875 bits per heavy atom. The van der Waals surface area contributed by atoms with Crippen molar-refractivity contribution >= 4 is 57.4 Å². The Bertz CT molecular complexity index is 838. The number of benzene rings is 3. The topological polar surface area (TPSA) is 0 Å². The maximum atomic E-state index is 6.23. The predicted molar refractivity (Wildman–Crippen MR) is 111 cm³/mol. The quantitative estimate of drug-likeness (QED) is 0.369. The zero-order valence-corrected chi connectivity index (χ0v) is 15.6. The fourth-order valence-electron chi connectivity index (χ4n) is 2.37. The summed E-state index contributed by atoms with van der Waals surface area (Å²) in [6, 6.07) is 23.0. The fraction of sp³-hybridized carbons (Fsp3) is 0. The molecule has 0 heterocycles. The van der Waals surface area contributed by atoms with E-state index in [-0.39, 0.29) is 0 Å². The Morgan fingerprint density at radius 1 is 0.542 bits per heavy atom. The van der Waals surface area contributed by atoms with Gasteiger partial charge in [0.15, 0.2) is 0 Å².